The molecule has 0 fully saturated rings. The summed E-state index contributed by atoms with van der Waals surface area (Å²) >= 11 is 0. The van der Waals surface area contributed by atoms with E-state index in [1.807, 2.05) is 0 Å². The Balaban J connectivity index is 2.01. The largest absolute Gasteiger partial charge is 0.493 e. The smallest absolute Gasteiger partial charge is 0.329 e. The highest BCUT2D eigenvalue weighted by molar-refractivity contribution is 6.35. The van der Waals surface area contributed by atoms with Gasteiger partial charge in [0.15, 0.2) is 11.5 Å². The fourth-order valence-corrected chi connectivity index (χ4v) is 2.10. The number of furan rings is 1. The molecule has 0 aliphatic carbocycles. The minimum Gasteiger partial charge on any atom is -0.493 e. The van der Waals surface area contributed by atoms with E-state index in [9.17, 15) is 14.4 Å². The zero-order valence-electron chi connectivity index (χ0n) is 15.5. The molecule has 148 valence electrons. The SMILES string of the molecule is COc1cc(/C=N/NC(=O)C(=O)NCc2ccco2)cc(OC)c1OC(C)=O. The number of esters is 1. The van der Waals surface area contributed by atoms with Gasteiger partial charge in [0, 0.05) is 12.5 Å². The fraction of sp³-hybridized carbons (Fsp3) is 0.222. The molecule has 0 saturated heterocycles. The van der Waals surface area contributed by atoms with Crippen molar-refractivity contribution < 1.29 is 33.0 Å². The summed E-state index contributed by atoms with van der Waals surface area (Å²) in [6.07, 6.45) is 2.74. The summed E-state index contributed by atoms with van der Waals surface area (Å²) in [5.74, 6) is -1.25. The van der Waals surface area contributed by atoms with Crippen LogP contribution >= 0.6 is 0 Å². The number of hydrogen-bond donors (Lipinski definition) is 2. The van der Waals surface area contributed by atoms with E-state index in [0.29, 0.717) is 11.3 Å². The maximum atomic E-state index is 11.7. The highest BCUT2D eigenvalue weighted by atomic mass is 16.6. The Hall–Kier alpha value is -3.82. The van der Waals surface area contributed by atoms with Crippen LogP contribution in [0.1, 0.15) is 18.2 Å². The first-order valence-corrected chi connectivity index (χ1v) is 8.02. The Morgan fingerprint density at radius 3 is 2.36 bits per heavy atom. The Kier molecular flexibility index (Phi) is 7.14. The van der Waals surface area contributed by atoms with Crippen LogP contribution in [0.2, 0.25) is 0 Å². The average Bonchev–Trinajstić information content (AvgIpc) is 3.19. The molecule has 2 amide bonds. The first-order chi connectivity index (χ1) is 13.4. The van der Waals surface area contributed by atoms with Gasteiger partial charge in [-0.1, -0.05) is 0 Å². The lowest BCUT2D eigenvalue weighted by Crippen LogP contribution is -2.37. The van der Waals surface area contributed by atoms with Gasteiger partial charge in [0.25, 0.3) is 0 Å². The van der Waals surface area contributed by atoms with Crippen molar-refractivity contribution in [1.82, 2.24) is 10.7 Å². The number of carbonyl (C=O) groups is 3. The Morgan fingerprint density at radius 1 is 1.14 bits per heavy atom. The standard InChI is InChI=1S/C18H19N3O7/c1-11(22)28-16-14(25-2)7-12(8-15(16)26-3)9-20-21-18(24)17(23)19-10-13-5-4-6-27-13/h4-9H,10H2,1-3H3,(H,19,23)(H,21,24)/b20-9+. The van der Waals surface area contributed by atoms with Gasteiger partial charge < -0.3 is 23.9 Å². The predicted octanol–water partition coefficient (Wildman–Crippen LogP) is 0.989. The van der Waals surface area contributed by atoms with Gasteiger partial charge in [0.05, 0.1) is 33.2 Å². The molecular formula is C18H19N3O7. The average molecular weight is 389 g/mol. The fourth-order valence-electron chi connectivity index (χ4n) is 2.10. The molecule has 0 saturated carbocycles. The number of hydrazone groups is 1. The Bertz CT molecular complexity index is 850. The minimum absolute atomic E-state index is 0.0783. The van der Waals surface area contributed by atoms with E-state index in [4.69, 9.17) is 18.6 Å². The van der Waals surface area contributed by atoms with E-state index in [-0.39, 0.29) is 23.8 Å². The Labute approximate surface area is 160 Å². The quantitative estimate of drug-likeness (QED) is 0.238. The third-order valence-corrected chi connectivity index (χ3v) is 3.32. The van der Waals surface area contributed by atoms with Gasteiger partial charge in [-0.25, -0.2) is 5.43 Å². The van der Waals surface area contributed by atoms with Gasteiger partial charge in [-0.2, -0.15) is 5.10 Å². The number of hydrogen-bond acceptors (Lipinski definition) is 8. The maximum Gasteiger partial charge on any atom is 0.329 e. The van der Waals surface area contributed by atoms with E-state index < -0.39 is 17.8 Å². The highest BCUT2D eigenvalue weighted by Gasteiger charge is 2.16. The van der Waals surface area contributed by atoms with Crippen molar-refractivity contribution in [1.29, 1.82) is 0 Å². The maximum absolute atomic E-state index is 11.7. The monoisotopic (exact) mass is 389 g/mol. The number of nitrogens with one attached hydrogen (secondary N) is 2. The van der Waals surface area contributed by atoms with Gasteiger partial charge in [-0.05, 0) is 24.3 Å². The molecule has 0 unspecified atom stereocenters. The second-order valence-corrected chi connectivity index (χ2v) is 5.31. The molecule has 28 heavy (non-hydrogen) atoms. The molecule has 1 aromatic heterocycles. The number of carbonyl (C=O) groups excluding carboxylic acids is 3. The molecule has 2 N–H and O–H groups in total. The summed E-state index contributed by atoms with van der Waals surface area (Å²) in [7, 11) is 2.79. The molecule has 0 aliphatic rings. The zero-order valence-corrected chi connectivity index (χ0v) is 15.5. The van der Waals surface area contributed by atoms with E-state index in [2.05, 4.69) is 15.8 Å². The molecule has 0 atom stereocenters. The van der Waals surface area contributed by atoms with Crippen LogP contribution in [0.3, 0.4) is 0 Å². The van der Waals surface area contributed by atoms with Crippen LogP contribution in [0.5, 0.6) is 17.2 Å². The van der Waals surface area contributed by atoms with Crippen LogP contribution in [0.25, 0.3) is 0 Å². The van der Waals surface area contributed by atoms with Gasteiger partial charge in [0.1, 0.15) is 5.76 Å². The second-order valence-electron chi connectivity index (χ2n) is 5.31. The lowest BCUT2D eigenvalue weighted by molar-refractivity contribution is -0.139. The van der Waals surface area contributed by atoms with E-state index in [1.54, 1.807) is 12.1 Å². The first-order valence-electron chi connectivity index (χ1n) is 8.02. The third kappa shape index (κ3) is 5.59. The molecule has 1 heterocycles. The van der Waals surface area contributed by atoms with Crippen LogP contribution in [0.15, 0.2) is 40.0 Å². The van der Waals surface area contributed by atoms with E-state index in [1.165, 1.54) is 45.8 Å². The summed E-state index contributed by atoms with van der Waals surface area (Å²) in [5.41, 5.74) is 2.58. The second kappa shape index (κ2) is 9.76. The van der Waals surface area contributed by atoms with Gasteiger partial charge in [-0.15, -0.1) is 0 Å². The van der Waals surface area contributed by atoms with Crippen molar-refractivity contribution in [3.8, 4) is 17.2 Å². The van der Waals surface area contributed by atoms with E-state index >= 15 is 0 Å². The predicted molar refractivity (Wildman–Crippen MR) is 97.1 cm³/mol. The number of ether oxygens (including phenoxy) is 3. The molecule has 10 heteroatoms. The molecule has 0 aliphatic heterocycles. The number of nitrogens with zero attached hydrogens (tertiary/aromatic N) is 1. The van der Waals surface area contributed by atoms with Crippen molar-refractivity contribution in [3.05, 3.63) is 41.9 Å². The van der Waals surface area contributed by atoms with Crippen molar-refractivity contribution in [2.24, 2.45) is 5.10 Å². The van der Waals surface area contributed by atoms with Crippen molar-refractivity contribution in [2.75, 3.05) is 14.2 Å². The normalized spacial score (nSPS) is 10.4. The van der Waals surface area contributed by atoms with Crippen LogP contribution in [0, 0.1) is 0 Å². The van der Waals surface area contributed by atoms with Gasteiger partial charge in [-0.3, -0.25) is 14.4 Å². The molecule has 0 spiro atoms. The molecule has 0 radical (unpaired) electrons. The molecular weight excluding hydrogens is 370 g/mol. The summed E-state index contributed by atoms with van der Waals surface area (Å²) in [6, 6.07) is 6.37. The van der Waals surface area contributed by atoms with Crippen molar-refractivity contribution in [2.45, 2.75) is 13.5 Å². The minimum atomic E-state index is -0.946. The lowest BCUT2D eigenvalue weighted by Gasteiger charge is -2.13. The van der Waals surface area contributed by atoms with Crippen LogP contribution in [-0.2, 0) is 20.9 Å². The number of benzene rings is 1. The zero-order chi connectivity index (χ0) is 20.5. The lowest BCUT2D eigenvalue weighted by atomic mass is 10.2. The summed E-state index contributed by atoms with van der Waals surface area (Å²) < 4.78 is 20.5. The van der Waals surface area contributed by atoms with Crippen LogP contribution < -0.4 is 25.0 Å². The number of amides is 2. The van der Waals surface area contributed by atoms with Crippen LogP contribution in [0.4, 0.5) is 0 Å². The molecule has 10 nitrogen and oxygen atoms in total. The number of rotatable bonds is 7. The Morgan fingerprint density at radius 2 is 1.82 bits per heavy atom. The molecule has 2 rings (SSSR count). The molecule has 1 aromatic carbocycles. The highest BCUT2D eigenvalue weighted by Crippen LogP contribution is 2.38. The molecule has 0 bridgehead atoms. The summed E-state index contributed by atoms with van der Waals surface area (Å²) in [5, 5.41) is 6.11. The van der Waals surface area contributed by atoms with Crippen molar-refractivity contribution >= 4 is 24.0 Å². The van der Waals surface area contributed by atoms with E-state index in [0.717, 1.165) is 0 Å². The van der Waals surface area contributed by atoms with Gasteiger partial charge in [0.2, 0.25) is 5.75 Å². The van der Waals surface area contributed by atoms with Crippen LogP contribution in [-0.4, -0.2) is 38.2 Å². The topological polar surface area (TPSA) is 128 Å². The summed E-state index contributed by atoms with van der Waals surface area (Å²) in [6.45, 7) is 1.33. The van der Waals surface area contributed by atoms with Crippen molar-refractivity contribution in [3.63, 3.8) is 0 Å². The first kappa shape index (κ1) is 20.5. The number of methoxy groups -OCH3 is 2. The third-order valence-electron chi connectivity index (χ3n) is 3.32. The van der Waals surface area contributed by atoms with Gasteiger partial charge >= 0.3 is 17.8 Å². The molecule has 2 aromatic rings. The summed E-state index contributed by atoms with van der Waals surface area (Å²) in [4.78, 5) is 34.7.